The second-order valence-electron chi connectivity index (χ2n) is 11.7. The summed E-state index contributed by atoms with van der Waals surface area (Å²) in [7, 11) is -1.86. The largest absolute Gasteiger partial charge is 0.392 e. The van der Waals surface area contributed by atoms with Crippen molar-refractivity contribution in [2.45, 2.75) is 43.3 Å². The summed E-state index contributed by atoms with van der Waals surface area (Å²) in [5.74, 6) is 0.00840. The van der Waals surface area contributed by atoms with Gasteiger partial charge < -0.3 is 19.5 Å². The van der Waals surface area contributed by atoms with E-state index in [0.29, 0.717) is 23.3 Å². The summed E-state index contributed by atoms with van der Waals surface area (Å²) >= 11 is 0. The van der Waals surface area contributed by atoms with E-state index in [1.165, 1.54) is 0 Å². The molecule has 10 heteroatoms. The van der Waals surface area contributed by atoms with Crippen molar-refractivity contribution < 1.29 is 23.0 Å². The maximum Gasteiger partial charge on any atom is 0.264 e. The Kier molecular flexibility index (Phi) is 9.72. The number of rotatable bonds is 11. The van der Waals surface area contributed by atoms with Crippen molar-refractivity contribution in [2.24, 2.45) is 5.92 Å². The molecule has 0 bridgehead atoms. The number of sulfonamides is 1. The monoisotopic (exact) mass is 638 g/mol. The Morgan fingerprint density at radius 3 is 2.43 bits per heavy atom. The van der Waals surface area contributed by atoms with E-state index in [1.54, 1.807) is 42.6 Å². The molecule has 6 rings (SSSR count). The number of hydrogen-bond acceptors (Lipinski definition) is 8. The Labute approximate surface area is 269 Å². The van der Waals surface area contributed by atoms with Gasteiger partial charge in [-0.25, -0.2) is 8.42 Å². The van der Waals surface area contributed by atoms with Crippen LogP contribution in [-0.4, -0.2) is 54.6 Å². The van der Waals surface area contributed by atoms with Crippen LogP contribution in [0.3, 0.4) is 0 Å². The Hall–Kier alpha value is -4.19. The highest BCUT2D eigenvalue weighted by Crippen LogP contribution is 2.42. The molecule has 5 aromatic rings. The van der Waals surface area contributed by atoms with Crippen molar-refractivity contribution in [3.05, 3.63) is 132 Å². The molecule has 3 aromatic carbocycles. The van der Waals surface area contributed by atoms with Gasteiger partial charge in [-0.05, 0) is 54.6 Å². The summed E-state index contributed by atoms with van der Waals surface area (Å²) in [4.78, 5) is 11.1. The van der Waals surface area contributed by atoms with E-state index >= 15 is 0 Å². The average Bonchev–Trinajstić information content (AvgIpc) is 3.08. The van der Waals surface area contributed by atoms with Crippen LogP contribution in [0.15, 0.2) is 114 Å². The molecule has 1 fully saturated rings. The second-order valence-corrected chi connectivity index (χ2v) is 13.4. The predicted octanol–water partition coefficient (Wildman–Crippen LogP) is 5.89. The summed E-state index contributed by atoms with van der Waals surface area (Å²) in [6.45, 7) is 3.57. The zero-order valence-corrected chi connectivity index (χ0v) is 26.7. The molecule has 1 saturated heterocycles. The molecule has 4 unspecified atom stereocenters. The number of para-hydroxylation sites is 1. The van der Waals surface area contributed by atoms with E-state index in [1.807, 2.05) is 66.9 Å². The lowest BCUT2D eigenvalue weighted by molar-refractivity contribution is -0.275. The van der Waals surface area contributed by atoms with Gasteiger partial charge in [-0.1, -0.05) is 67.6 Å². The maximum absolute atomic E-state index is 13.5. The number of benzene rings is 3. The number of aliphatic hydroxyl groups is 1. The summed E-state index contributed by atoms with van der Waals surface area (Å²) in [6.07, 6.45) is 3.00. The van der Waals surface area contributed by atoms with Crippen LogP contribution >= 0.6 is 0 Å². The number of pyridine rings is 2. The van der Waals surface area contributed by atoms with Crippen molar-refractivity contribution in [1.29, 1.82) is 0 Å². The summed E-state index contributed by atoms with van der Waals surface area (Å²) in [5, 5.41) is 10.3. The fourth-order valence-electron chi connectivity index (χ4n) is 5.83. The SMILES string of the molecule is CC1C(CN(C)CCc2ccccn2)OC(c2cccc(NS(=O)(=O)c3cccc4cccnc34)c2)OC1c1ccc(CO)cc1. The number of fused-ring (bicyclic) bond motifs is 1. The van der Waals surface area contributed by atoms with Gasteiger partial charge in [0.1, 0.15) is 4.90 Å². The molecular formula is C36H38N4O5S. The predicted molar refractivity (Wildman–Crippen MR) is 177 cm³/mol. The first kappa shape index (κ1) is 31.8. The molecule has 46 heavy (non-hydrogen) atoms. The van der Waals surface area contributed by atoms with Crippen LogP contribution in [0.4, 0.5) is 5.69 Å². The van der Waals surface area contributed by atoms with Crippen LogP contribution in [-0.2, 0) is 32.5 Å². The zero-order valence-electron chi connectivity index (χ0n) is 25.9. The van der Waals surface area contributed by atoms with Crippen LogP contribution in [0.25, 0.3) is 10.9 Å². The first-order valence-corrected chi connectivity index (χ1v) is 16.8. The zero-order chi connectivity index (χ0) is 32.1. The third kappa shape index (κ3) is 7.27. The van der Waals surface area contributed by atoms with Gasteiger partial charge in [-0.3, -0.25) is 14.7 Å². The third-order valence-electron chi connectivity index (χ3n) is 8.39. The number of likely N-dealkylation sites (N-methyl/N-ethyl adjacent to an activating group) is 1. The molecule has 0 aliphatic carbocycles. The van der Waals surface area contributed by atoms with Gasteiger partial charge in [0.05, 0.1) is 24.3 Å². The Morgan fingerprint density at radius 2 is 1.65 bits per heavy atom. The molecule has 3 heterocycles. The van der Waals surface area contributed by atoms with Crippen molar-refractivity contribution in [3.63, 3.8) is 0 Å². The highest BCUT2D eigenvalue weighted by atomic mass is 32.2. The molecule has 1 aliphatic rings. The summed E-state index contributed by atoms with van der Waals surface area (Å²) < 4.78 is 43.0. The van der Waals surface area contributed by atoms with Crippen LogP contribution in [0.5, 0.6) is 0 Å². The van der Waals surface area contributed by atoms with Gasteiger partial charge >= 0.3 is 0 Å². The minimum absolute atomic E-state index is 0.00840. The highest BCUT2D eigenvalue weighted by molar-refractivity contribution is 7.93. The Morgan fingerprint density at radius 1 is 0.870 bits per heavy atom. The summed E-state index contributed by atoms with van der Waals surface area (Å²) in [5.41, 5.74) is 4.34. The number of ether oxygens (including phenoxy) is 2. The third-order valence-corrected chi connectivity index (χ3v) is 9.80. The van der Waals surface area contributed by atoms with Crippen LogP contribution in [0.1, 0.15) is 41.7 Å². The molecule has 0 amide bonds. The number of aliphatic hydroxyl groups excluding tert-OH is 1. The topological polar surface area (TPSA) is 114 Å². The van der Waals surface area contributed by atoms with E-state index in [2.05, 4.69) is 33.6 Å². The molecule has 0 spiro atoms. The molecule has 2 aromatic heterocycles. The van der Waals surface area contributed by atoms with Gasteiger partial charge in [0.25, 0.3) is 10.0 Å². The fourth-order valence-corrected chi connectivity index (χ4v) is 7.06. The lowest BCUT2D eigenvalue weighted by Gasteiger charge is -2.42. The van der Waals surface area contributed by atoms with Crippen LogP contribution < -0.4 is 4.72 Å². The van der Waals surface area contributed by atoms with Gasteiger partial charge in [0.2, 0.25) is 0 Å². The maximum atomic E-state index is 13.5. The fraction of sp³-hybridized carbons (Fsp3) is 0.278. The van der Waals surface area contributed by atoms with Crippen LogP contribution in [0, 0.1) is 5.92 Å². The highest BCUT2D eigenvalue weighted by Gasteiger charge is 2.39. The first-order chi connectivity index (χ1) is 22.3. The Bertz CT molecular complexity index is 1870. The van der Waals surface area contributed by atoms with Gasteiger partial charge in [0.15, 0.2) is 6.29 Å². The van der Waals surface area contributed by atoms with Crippen LogP contribution in [0.2, 0.25) is 0 Å². The van der Waals surface area contributed by atoms with E-state index in [9.17, 15) is 13.5 Å². The number of anilines is 1. The lowest BCUT2D eigenvalue weighted by Crippen LogP contribution is -2.44. The number of hydrogen-bond donors (Lipinski definition) is 2. The van der Waals surface area contributed by atoms with Gasteiger partial charge in [-0.15, -0.1) is 0 Å². The number of nitrogens with one attached hydrogen (secondary N) is 1. The van der Waals surface area contributed by atoms with Gasteiger partial charge in [0, 0.05) is 60.2 Å². The van der Waals surface area contributed by atoms with Crippen molar-refractivity contribution in [1.82, 2.24) is 14.9 Å². The van der Waals surface area contributed by atoms with E-state index in [-0.39, 0.29) is 29.6 Å². The Balaban J connectivity index is 1.25. The molecule has 9 nitrogen and oxygen atoms in total. The van der Waals surface area contributed by atoms with Crippen molar-refractivity contribution in [2.75, 3.05) is 24.9 Å². The molecule has 4 atom stereocenters. The quantitative estimate of drug-likeness (QED) is 0.184. The molecule has 1 aliphatic heterocycles. The molecule has 2 N–H and O–H groups in total. The minimum Gasteiger partial charge on any atom is -0.392 e. The molecular weight excluding hydrogens is 600 g/mol. The van der Waals surface area contributed by atoms with Gasteiger partial charge in [-0.2, -0.15) is 0 Å². The second kappa shape index (κ2) is 14.1. The minimum atomic E-state index is -3.94. The normalized spacial score (nSPS) is 20.2. The molecule has 0 radical (unpaired) electrons. The standard InChI is InChI=1S/C36H38N4O5S/c1-25-32(23-40(2)21-18-30-11-3-4-19-37-30)44-36(45-35(25)28-16-14-26(24-41)15-17-28)29-9-5-12-31(22-29)39-46(42,43)33-13-6-8-27-10-7-20-38-34(27)33/h3-17,19-20,22,25,32,35-36,39,41H,18,21,23-24H2,1-2H3. The molecule has 0 saturated carbocycles. The van der Waals surface area contributed by atoms with Crippen molar-refractivity contribution in [3.8, 4) is 0 Å². The number of nitrogens with zero attached hydrogens (tertiary/aromatic N) is 3. The van der Waals surface area contributed by atoms with E-state index in [4.69, 9.17) is 9.47 Å². The summed E-state index contributed by atoms with van der Waals surface area (Å²) in [6, 6.07) is 29.6. The van der Waals surface area contributed by atoms with E-state index < -0.39 is 16.3 Å². The van der Waals surface area contributed by atoms with Crippen molar-refractivity contribution >= 4 is 26.6 Å². The average molecular weight is 639 g/mol. The smallest absolute Gasteiger partial charge is 0.264 e. The van der Waals surface area contributed by atoms with E-state index in [0.717, 1.165) is 35.2 Å². The lowest BCUT2D eigenvalue weighted by atomic mass is 9.90. The number of aromatic nitrogens is 2. The molecule has 238 valence electrons. The first-order valence-electron chi connectivity index (χ1n) is 15.4.